The molecule has 0 aromatic rings. The molecule has 4 heteroatoms. The Bertz CT molecular complexity index is 292. The second kappa shape index (κ2) is 8.11. The third-order valence-corrected chi connectivity index (χ3v) is 4.95. The highest BCUT2D eigenvalue weighted by Crippen LogP contribution is 2.21. The minimum atomic E-state index is 0.445. The van der Waals surface area contributed by atoms with Crippen LogP contribution in [0.5, 0.6) is 0 Å². The normalized spacial score (nSPS) is 24.1. The average Bonchev–Trinajstić information content (AvgIpc) is 2.48. The average molecular weight is 281 g/mol. The summed E-state index contributed by atoms with van der Waals surface area (Å²) in [7, 11) is 2.21. The molecule has 0 atom stereocenters. The van der Waals surface area contributed by atoms with Crippen LogP contribution in [0.1, 0.15) is 32.6 Å². The molecule has 2 heterocycles. The number of hydrogen-bond donors (Lipinski definition) is 0. The molecule has 20 heavy (non-hydrogen) atoms. The number of rotatable bonds is 6. The van der Waals surface area contributed by atoms with Gasteiger partial charge in [0, 0.05) is 52.1 Å². The smallest absolute Gasteiger partial charge is 0.132 e. The molecule has 0 saturated carbocycles. The molecule has 0 unspecified atom stereocenters. The molecule has 0 aromatic heterocycles. The molecule has 4 nitrogen and oxygen atoms in total. The van der Waals surface area contributed by atoms with Crippen LogP contribution in [-0.4, -0.2) is 79.9 Å². The maximum absolute atomic E-state index is 11.5. The number of nitrogens with zero attached hydrogens (tertiary/aromatic N) is 3. The third kappa shape index (κ3) is 5.15. The first-order chi connectivity index (χ1) is 9.67. The molecule has 0 spiro atoms. The fourth-order valence-electron chi connectivity index (χ4n) is 3.23. The predicted molar refractivity (Wildman–Crippen MR) is 83.0 cm³/mol. The van der Waals surface area contributed by atoms with Crippen LogP contribution in [0, 0.1) is 5.92 Å². The Morgan fingerprint density at radius 3 is 2.05 bits per heavy atom. The SMILES string of the molecule is CCC(=O)CC1CCN(CCN2CCN(C)CC2)CC1. The molecule has 0 radical (unpaired) electrons. The molecular formula is C16H31N3O. The number of piperidine rings is 1. The van der Waals surface area contributed by atoms with Gasteiger partial charge in [-0.15, -0.1) is 0 Å². The van der Waals surface area contributed by atoms with E-state index in [1.807, 2.05) is 6.92 Å². The number of carbonyl (C=O) groups is 1. The first-order valence-electron chi connectivity index (χ1n) is 8.32. The fraction of sp³-hybridized carbons (Fsp3) is 0.938. The Kier molecular flexibility index (Phi) is 6.46. The molecule has 2 rings (SSSR count). The summed E-state index contributed by atoms with van der Waals surface area (Å²) in [6.07, 6.45) is 3.97. The summed E-state index contributed by atoms with van der Waals surface area (Å²) in [6, 6.07) is 0. The minimum Gasteiger partial charge on any atom is -0.304 e. The third-order valence-electron chi connectivity index (χ3n) is 4.95. The second-order valence-corrected chi connectivity index (χ2v) is 6.53. The van der Waals surface area contributed by atoms with E-state index in [0.717, 1.165) is 6.42 Å². The van der Waals surface area contributed by atoms with Crippen LogP contribution < -0.4 is 0 Å². The molecular weight excluding hydrogens is 250 g/mol. The van der Waals surface area contributed by atoms with Crippen molar-refractivity contribution in [3.05, 3.63) is 0 Å². The van der Waals surface area contributed by atoms with Gasteiger partial charge in [-0.25, -0.2) is 0 Å². The van der Waals surface area contributed by atoms with Crippen LogP contribution in [-0.2, 0) is 4.79 Å². The van der Waals surface area contributed by atoms with Gasteiger partial charge in [0.2, 0.25) is 0 Å². The maximum Gasteiger partial charge on any atom is 0.132 e. The van der Waals surface area contributed by atoms with Gasteiger partial charge in [0.05, 0.1) is 0 Å². The summed E-state index contributed by atoms with van der Waals surface area (Å²) >= 11 is 0. The van der Waals surface area contributed by atoms with E-state index in [1.165, 1.54) is 65.2 Å². The van der Waals surface area contributed by atoms with Crippen molar-refractivity contribution in [1.29, 1.82) is 0 Å². The Balaban J connectivity index is 1.59. The van der Waals surface area contributed by atoms with E-state index >= 15 is 0 Å². The number of ketones is 1. The quantitative estimate of drug-likeness (QED) is 0.733. The van der Waals surface area contributed by atoms with Gasteiger partial charge in [-0.05, 0) is 38.9 Å². The van der Waals surface area contributed by atoms with Crippen molar-refractivity contribution in [2.75, 3.05) is 59.4 Å². The van der Waals surface area contributed by atoms with Crippen LogP contribution in [0.25, 0.3) is 0 Å². The highest BCUT2D eigenvalue weighted by molar-refractivity contribution is 5.78. The van der Waals surface area contributed by atoms with E-state index in [1.54, 1.807) is 0 Å². The molecule has 0 aliphatic carbocycles. The van der Waals surface area contributed by atoms with Gasteiger partial charge in [0.15, 0.2) is 0 Å². The van der Waals surface area contributed by atoms with Crippen molar-refractivity contribution >= 4 is 5.78 Å². The van der Waals surface area contributed by atoms with E-state index in [0.29, 0.717) is 18.1 Å². The van der Waals surface area contributed by atoms with Gasteiger partial charge in [-0.2, -0.15) is 0 Å². The van der Waals surface area contributed by atoms with Crippen molar-refractivity contribution in [2.24, 2.45) is 5.92 Å². The number of likely N-dealkylation sites (N-methyl/N-ethyl adjacent to an activating group) is 1. The summed E-state index contributed by atoms with van der Waals surface area (Å²) in [4.78, 5) is 19.1. The topological polar surface area (TPSA) is 26.8 Å². The van der Waals surface area contributed by atoms with E-state index in [9.17, 15) is 4.79 Å². The Labute approximate surface area is 124 Å². The van der Waals surface area contributed by atoms with Crippen molar-refractivity contribution < 1.29 is 4.79 Å². The number of piperazine rings is 1. The molecule has 2 aliphatic rings. The zero-order valence-electron chi connectivity index (χ0n) is 13.3. The van der Waals surface area contributed by atoms with E-state index in [2.05, 4.69) is 21.7 Å². The molecule has 0 aromatic carbocycles. The number of carbonyl (C=O) groups excluding carboxylic acids is 1. The van der Waals surface area contributed by atoms with Crippen LogP contribution >= 0.6 is 0 Å². The molecule has 2 saturated heterocycles. The van der Waals surface area contributed by atoms with Crippen LogP contribution in [0.3, 0.4) is 0 Å². The van der Waals surface area contributed by atoms with Crippen LogP contribution in [0.15, 0.2) is 0 Å². The largest absolute Gasteiger partial charge is 0.304 e. The number of hydrogen-bond acceptors (Lipinski definition) is 4. The van der Waals surface area contributed by atoms with Crippen molar-refractivity contribution in [3.63, 3.8) is 0 Å². The van der Waals surface area contributed by atoms with Gasteiger partial charge in [-0.1, -0.05) is 6.92 Å². The molecule has 116 valence electrons. The van der Waals surface area contributed by atoms with Crippen LogP contribution in [0.4, 0.5) is 0 Å². The van der Waals surface area contributed by atoms with Crippen molar-refractivity contribution in [3.8, 4) is 0 Å². The van der Waals surface area contributed by atoms with Crippen LogP contribution in [0.2, 0.25) is 0 Å². The van der Waals surface area contributed by atoms with E-state index < -0.39 is 0 Å². The second-order valence-electron chi connectivity index (χ2n) is 6.53. The number of likely N-dealkylation sites (tertiary alicyclic amines) is 1. The molecule has 2 aliphatic heterocycles. The monoisotopic (exact) mass is 281 g/mol. The van der Waals surface area contributed by atoms with Gasteiger partial charge >= 0.3 is 0 Å². The van der Waals surface area contributed by atoms with Gasteiger partial charge in [0.1, 0.15) is 5.78 Å². The summed E-state index contributed by atoms with van der Waals surface area (Å²) in [5.41, 5.74) is 0. The van der Waals surface area contributed by atoms with Crippen molar-refractivity contribution in [2.45, 2.75) is 32.6 Å². The molecule has 0 N–H and O–H groups in total. The molecule has 2 fully saturated rings. The minimum absolute atomic E-state index is 0.445. The predicted octanol–water partition coefficient (Wildman–Crippen LogP) is 1.32. The van der Waals surface area contributed by atoms with E-state index in [-0.39, 0.29) is 0 Å². The zero-order valence-corrected chi connectivity index (χ0v) is 13.3. The highest BCUT2D eigenvalue weighted by Gasteiger charge is 2.21. The summed E-state index contributed by atoms with van der Waals surface area (Å²) < 4.78 is 0. The Hall–Kier alpha value is -0.450. The Morgan fingerprint density at radius 1 is 0.950 bits per heavy atom. The number of Topliss-reactive ketones (excluding diaryl/α,β-unsaturated/α-hetero) is 1. The Morgan fingerprint density at radius 2 is 1.50 bits per heavy atom. The molecule has 0 bridgehead atoms. The van der Waals surface area contributed by atoms with Crippen molar-refractivity contribution in [1.82, 2.24) is 14.7 Å². The van der Waals surface area contributed by atoms with Gasteiger partial charge in [-0.3, -0.25) is 9.69 Å². The van der Waals surface area contributed by atoms with Gasteiger partial charge in [0.25, 0.3) is 0 Å². The molecule has 0 amide bonds. The first-order valence-corrected chi connectivity index (χ1v) is 8.32. The highest BCUT2D eigenvalue weighted by atomic mass is 16.1. The lowest BCUT2D eigenvalue weighted by atomic mass is 9.91. The standard InChI is InChI=1S/C16H31N3O/c1-3-16(20)14-15-4-6-18(7-5-15)12-13-19-10-8-17(2)9-11-19/h15H,3-14H2,1-2H3. The van der Waals surface area contributed by atoms with E-state index in [4.69, 9.17) is 0 Å². The lowest BCUT2D eigenvalue weighted by Crippen LogP contribution is -2.47. The summed E-state index contributed by atoms with van der Waals surface area (Å²) in [5.74, 6) is 1.10. The fourth-order valence-corrected chi connectivity index (χ4v) is 3.23. The lowest BCUT2D eigenvalue weighted by molar-refractivity contribution is -0.120. The van der Waals surface area contributed by atoms with Gasteiger partial charge < -0.3 is 9.80 Å². The zero-order chi connectivity index (χ0) is 14.4. The summed E-state index contributed by atoms with van der Waals surface area (Å²) in [5, 5.41) is 0. The summed E-state index contributed by atoms with van der Waals surface area (Å²) in [6.45, 7) is 11.6. The first kappa shape index (κ1) is 15.9. The lowest BCUT2D eigenvalue weighted by Gasteiger charge is -2.36. The maximum atomic E-state index is 11.5.